The highest BCUT2D eigenvalue weighted by molar-refractivity contribution is 7.51. The summed E-state index contributed by atoms with van der Waals surface area (Å²) in [5.41, 5.74) is 2.18. The molecule has 0 bridgehead atoms. The second-order valence-electron chi connectivity index (χ2n) is 11.0. The number of ether oxygens (including phenoxy) is 2. The number of benzene rings is 1. The topological polar surface area (TPSA) is 162 Å². The van der Waals surface area contributed by atoms with Gasteiger partial charge in [0.2, 0.25) is 5.91 Å². The first-order valence-electron chi connectivity index (χ1n) is 15.0. The Bertz CT molecular complexity index is 1330. The molecule has 14 heteroatoms. The molecular weight excluding hydrogens is 589 g/mol. The fourth-order valence-corrected chi connectivity index (χ4v) is 5.94. The Morgan fingerprint density at radius 3 is 2.43 bits per heavy atom. The number of nitrogens with zero attached hydrogens (tertiary/aromatic N) is 4. The zero-order valence-electron chi connectivity index (χ0n) is 25.3. The van der Waals surface area contributed by atoms with Gasteiger partial charge in [0.25, 0.3) is 5.91 Å². The largest absolute Gasteiger partial charge is 0.449 e. The number of rotatable bonds is 12. The third kappa shape index (κ3) is 9.01. The molecule has 2 saturated heterocycles. The predicted octanol–water partition coefficient (Wildman–Crippen LogP) is 3.07. The summed E-state index contributed by atoms with van der Waals surface area (Å²) < 4.78 is 22.7. The van der Waals surface area contributed by atoms with Crippen LogP contribution in [0.3, 0.4) is 0 Å². The van der Waals surface area contributed by atoms with Crippen molar-refractivity contribution in [2.75, 3.05) is 57.5 Å². The summed E-state index contributed by atoms with van der Waals surface area (Å²) in [7, 11) is -2.82. The molecule has 2 fully saturated rings. The Hall–Kier alpha value is -3.51. The van der Waals surface area contributed by atoms with Crippen LogP contribution in [-0.2, 0) is 18.8 Å². The first kappa shape index (κ1) is 33.4. The van der Waals surface area contributed by atoms with Crippen molar-refractivity contribution in [1.29, 1.82) is 0 Å². The lowest BCUT2D eigenvalue weighted by atomic mass is 10.1. The normalized spacial score (nSPS) is 17.8. The molecule has 1 aromatic carbocycles. The van der Waals surface area contributed by atoms with Gasteiger partial charge in [0, 0.05) is 51.1 Å². The van der Waals surface area contributed by atoms with E-state index >= 15 is 0 Å². The number of methoxy groups -OCH3 is 1. The summed E-state index contributed by atoms with van der Waals surface area (Å²) in [6, 6.07) is 11.7. The Morgan fingerprint density at radius 2 is 1.77 bits per heavy atom. The third-order valence-corrected chi connectivity index (χ3v) is 8.64. The van der Waals surface area contributed by atoms with Gasteiger partial charge in [0.15, 0.2) is 0 Å². The van der Waals surface area contributed by atoms with Crippen molar-refractivity contribution in [2.45, 2.75) is 51.3 Å². The molecule has 0 saturated carbocycles. The number of piperazine rings is 1. The summed E-state index contributed by atoms with van der Waals surface area (Å²) in [5, 5.41) is 2.70. The number of hydrogen-bond donors (Lipinski definition) is 3. The minimum atomic E-state index is -4.46. The molecule has 3 heterocycles. The molecule has 13 nitrogen and oxygen atoms in total. The molecule has 0 spiro atoms. The molecule has 44 heavy (non-hydrogen) atoms. The van der Waals surface area contributed by atoms with E-state index in [1.54, 1.807) is 13.2 Å². The number of amides is 3. The van der Waals surface area contributed by atoms with Gasteiger partial charge >= 0.3 is 13.7 Å². The minimum Gasteiger partial charge on any atom is -0.449 e. The molecule has 0 radical (unpaired) electrons. The maximum Gasteiger partial charge on any atom is 0.409 e. The zero-order chi connectivity index (χ0) is 31.7. The molecule has 2 aromatic rings. The average Bonchev–Trinajstić information content (AvgIpc) is 3.52. The maximum absolute atomic E-state index is 13.7. The summed E-state index contributed by atoms with van der Waals surface area (Å²) in [4.78, 5) is 68.4. The van der Waals surface area contributed by atoms with Crippen LogP contribution in [0.25, 0.3) is 11.3 Å². The van der Waals surface area contributed by atoms with E-state index in [9.17, 15) is 28.7 Å². The van der Waals surface area contributed by atoms with E-state index in [0.717, 1.165) is 43.5 Å². The summed E-state index contributed by atoms with van der Waals surface area (Å²) in [6.07, 6.45) is 1.98. The molecule has 2 aliphatic heterocycles. The van der Waals surface area contributed by atoms with Crippen LogP contribution in [-0.4, -0.2) is 107 Å². The van der Waals surface area contributed by atoms with E-state index in [2.05, 4.69) is 15.2 Å². The highest BCUT2D eigenvalue weighted by Gasteiger charge is 2.33. The van der Waals surface area contributed by atoms with Crippen LogP contribution in [0, 0.1) is 0 Å². The number of pyridine rings is 1. The van der Waals surface area contributed by atoms with Gasteiger partial charge in [-0.3, -0.25) is 14.2 Å². The van der Waals surface area contributed by atoms with Crippen molar-refractivity contribution in [2.24, 2.45) is 0 Å². The molecule has 1 aromatic heterocycles. The first-order chi connectivity index (χ1) is 21.1. The van der Waals surface area contributed by atoms with Gasteiger partial charge < -0.3 is 39.3 Å². The lowest BCUT2D eigenvalue weighted by Gasteiger charge is -2.36. The Morgan fingerprint density at radius 1 is 1.07 bits per heavy atom. The van der Waals surface area contributed by atoms with Gasteiger partial charge in [-0.2, -0.15) is 0 Å². The maximum atomic E-state index is 13.7. The smallest absolute Gasteiger partial charge is 0.409 e. The number of nitrogens with one attached hydrogen (secondary N) is 1. The van der Waals surface area contributed by atoms with Crippen molar-refractivity contribution in [3.8, 4) is 11.3 Å². The van der Waals surface area contributed by atoms with Gasteiger partial charge in [0.05, 0.1) is 18.5 Å². The number of hydrogen-bond acceptors (Lipinski definition) is 8. The molecule has 240 valence electrons. The van der Waals surface area contributed by atoms with E-state index < -0.39 is 37.7 Å². The second kappa shape index (κ2) is 15.5. The monoisotopic (exact) mass is 631 g/mol. The molecule has 3 N–H and O–H groups in total. The Kier molecular flexibility index (Phi) is 11.7. The van der Waals surface area contributed by atoms with Crippen LogP contribution >= 0.6 is 7.60 Å². The first-order valence-corrected chi connectivity index (χ1v) is 16.8. The second-order valence-corrected chi connectivity index (χ2v) is 12.7. The fraction of sp³-hybridized carbons (Fsp3) is 0.533. The lowest BCUT2D eigenvalue weighted by molar-refractivity contribution is -0.134. The fourth-order valence-electron chi connectivity index (χ4n) is 5.34. The Balaban J connectivity index is 1.53. The summed E-state index contributed by atoms with van der Waals surface area (Å²) in [6.45, 7) is 3.95. The SMILES string of the molecule is CCCCOC(=O)N1CCN(C(=O)[C@H](CCP(=O)(O)O)NC(=O)c2cc(N3CCC[C@@H]3OC)cc(-c3ccccc3)n2)CC1. The number of aromatic nitrogens is 1. The van der Waals surface area contributed by atoms with Crippen molar-refractivity contribution >= 4 is 31.2 Å². The summed E-state index contributed by atoms with van der Waals surface area (Å²) >= 11 is 0. The van der Waals surface area contributed by atoms with E-state index in [4.69, 9.17) is 9.47 Å². The van der Waals surface area contributed by atoms with Gasteiger partial charge in [-0.05, 0) is 37.8 Å². The highest BCUT2D eigenvalue weighted by atomic mass is 31.2. The van der Waals surface area contributed by atoms with Crippen molar-refractivity contribution < 1.29 is 38.2 Å². The average molecular weight is 632 g/mol. The lowest BCUT2D eigenvalue weighted by Crippen LogP contribution is -2.56. The van der Waals surface area contributed by atoms with E-state index in [1.807, 2.05) is 43.3 Å². The van der Waals surface area contributed by atoms with Crippen LogP contribution in [0.2, 0.25) is 0 Å². The molecule has 0 aliphatic carbocycles. The number of carbonyl (C=O) groups is 3. The van der Waals surface area contributed by atoms with Crippen molar-refractivity contribution in [3.05, 3.63) is 48.2 Å². The molecular formula is C30H42N5O8P. The van der Waals surface area contributed by atoms with Gasteiger partial charge in [-0.15, -0.1) is 0 Å². The number of anilines is 1. The zero-order valence-corrected chi connectivity index (χ0v) is 26.2. The van der Waals surface area contributed by atoms with Crippen LogP contribution in [0.15, 0.2) is 42.5 Å². The van der Waals surface area contributed by atoms with Crippen molar-refractivity contribution in [1.82, 2.24) is 20.1 Å². The van der Waals surface area contributed by atoms with E-state index in [1.165, 1.54) is 9.80 Å². The van der Waals surface area contributed by atoms with Gasteiger partial charge in [-0.1, -0.05) is 43.7 Å². The van der Waals surface area contributed by atoms with E-state index in [-0.39, 0.29) is 44.5 Å². The van der Waals surface area contributed by atoms with Crippen LogP contribution < -0.4 is 10.2 Å². The standard InChI is InChI=1S/C30H42N5O8P/c1-3-4-18-43-30(38)34-16-14-33(15-17-34)29(37)24(12-19-44(39,40)41)32-28(36)26-21-23(35-13-8-11-27(35)42-2)20-25(31-26)22-9-6-5-7-10-22/h5-7,9-10,20-21,24,27H,3-4,8,11-19H2,1-2H3,(H,32,36)(H2,39,40,41)/t24-,27-/m0/s1. The van der Waals surface area contributed by atoms with Crippen LogP contribution in [0.1, 0.15) is 49.5 Å². The highest BCUT2D eigenvalue weighted by Crippen LogP contribution is 2.35. The molecule has 3 amide bonds. The van der Waals surface area contributed by atoms with E-state index in [0.29, 0.717) is 12.3 Å². The third-order valence-electron chi connectivity index (χ3n) is 7.80. The Labute approximate surface area is 257 Å². The molecule has 2 atom stereocenters. The quantitative estimate of drug-likeness (QED) is 0.235. The molecule has 0 unspecified atom stereocenters. The van der Waals surface area contributed by atoms with Crippen LogP contribution in [0.5, 0.6) is 0 Å². The van der Waals surface area contributed by atoms with Gasteiger partial charge in [-0.25, -0.2) is 9.78 Å². The predicted molar refractivity (Wildman–Crippen MR) is 164 cm³/mol. The molecule has 2 aliphatic rings. The van der Waals surface area contributed by atoms with Crippen LogP contribution in [0.4, 0.5) is 10.5 Å². The number of carbonyl (C=O) groups excluding carboxylic acids is 3. The molecule has 4 rings (SSSR count). The number of unbranched alkanes of at least 4 members (excludes halogenated alkanes) is 1. The van der Waals surface area contributed by atoms with Gasteiger partial charge in [0.1, 0.15) is 18.0 Å². The minimum absolute atomic E-state index is 0.0664. The summed E-state index contributed by atoms with van der Waals surface area (Å²) in [5.74, 6) is -1.12. The van der Waals surface area contributed by atoms with Crippen molar-refractivity contribution in [3.63, 3.8) is 0 Å².